The van der Waals surface area contributed by atoms with Crippen LogP contribution in [0.15, 0.2) is 18.2 Å². The number of nitrogens with two attached hydrogens (primary N) is 2. The number of carbonyl (C=O) groups excluding carboxylic acids is 1. The molecule has 5 N–H and O–H groups in total. The lowest BCUT2D eigenvalue weighted by Crippen LogP contribution is -2.37. The Morgan fingerprint density at radius 1 is 1.08 bits per heavy atom. The fourth-order valence-corrected chi connectivity index (χ4v) is 1.98. The van der Waals surface area contributed by atoms with E-state index in [2.05, 4.69) is 5.32 Å². The van der Waals surface area contributed by atoms with Crippen molar-refractivity contribution in [3.8, 4) is 0 Å². The van der Waals surface area contributed by atoms with E-state index < -0.39 is 41.0 Å². The SMILES string of the molecule is NCCCC(N)CNC(=O)c1ccc(C(F)(F)F)c(C(F)(F)F)c1. The van der Waals surface area contributed by atoms with Crippen LogP contribution in [0, 0.1) is 0 Å². The second kappa shape index (κ2) is 7.84. The minimum atomic E-state index is -5.24. The van der Waals surface area contributed by atoms with Gasteiger partial charge in [-0.3, -0.25) is 4.79 Å². The van der Waals surface area contributed by atoms with E-state index in [0.29, 0.717) is 25.5 Å². The Balaban J connectivity index is 2.95. The quantitative estimate of drug-likeness (QED) is 0.685. The molecule has 4 nitrogen and oxygen atoms in total. The molecule has 0 aliphatic heterocycles. The van der Waals surface area contributed by atoms with Crippen LogP contribution in [0.2, 0.25) is 0 Å². The summed E-state index contributed by atoms with van der Waals surface area (Å²) in [5, 5.41) is 2.29. The van der Waals surface area contributed by atoms with Crippen LogP contribution in [0.5, 0.6) is 0 Å². The number of alkyl halides is 6. The Hall–Kier alpha value is -1.81. The smallest absolute Gasteiger partial charge is 0.350 e. The third-order valence-electron chi connectivity index (χ3n) is 3.20. The molecule has 0 radical (unpaired) electrons. The predicted molar refractivity (Wildman–Crippen MR) is 75.0 cm³/mol. The highest BCUT2D eigenvalue weighted by Gasteiger charge is 2.43. The van der Waals surface area contributed by atoms with Gasteiger partial charge in [-0.05, 0) is 37.6 Å². The summed E-state index contributed by atoms with van der Waals surface area (Å²) in [4.78, 5) is 11.8. The third kappa shape index (κ3) is 5.68. The van der Waals surface area contributed by atoms with Gasteiger partial charge < -0.3 is 16.8 Å². The van der Waals surface area contributed by atoms with Crippen molar-refractivity contribution >= 4 is 5.91 Å². The van der Waals surface area contributed by atoms with Crippen LogP contribution in [-0.2, 0) is 12.4 Å². The molecule has 1 atom stereocenters. The Labute approximate surface area is 134 Å². The predicted octanol–water partition coefficient (Wildman–Crippen LogP) is 2.52. The second-order valence-corrected chi connectivity index (χ2v) is 5.16. The molecule has 0 aliphatic rings. The van der Waals surface area contributed by atoms with Gasteiger partial charge in [0.15, 0.2) is 0 Å². The molecule has 0 aliphatic carbocycles. The Kier molecular flexibility index (Phi) is 6.61. The van der Waals surface area contributed by atoms with E-state index in [1.54, 1.807) is 0 Å². The number of nitrogens with one attached hydrogen (secondary N) is 1. The Bertz CT molecular complexity index is 571. The van der Waals surface area contributed by atoms with Gasteiger partial charge in [-0.2, -0.15) is 26.3 Å². The summed E-state index contributed by atoms with van der Waals surface area (Å²) >= 11 is 0. The van der Waals surface area contributed by atoms with Crippen LogP contribution >= 0.6 is 0 Å². The van der Waals surface area contributed by atoms with Crippen LogP contribution < -0.4 is 16.8 Å². The van der Waals surface area contributed by atoms with E-state index >= 15 is 0 Å². The molecule has 10 heteroatoms. The molecule has 24 heavy (non-hydrogen) atoms. The van der Waals surface area contributed by atoms with Gasteiger partial charge in [0.2, 0.25) is 0 Å². The number of rotatable bonds is 6. The second-order valence-electron chi connectivity index (χ2n) is 5.16. The molecule has 136 valence electrons. The summed E-state index contributed by atoms with van der Waals surface area (Å²) in [5.74, 6) is -0.933. The average Bonchev–Trinajstić information content (AvgIpc) is 2.48. The fourth-order valence-electron chi connectivity index (χ4n) is 1.98. The summed E-state index contributed by atoms with van der Waals surface area (Å²) in [6, 6.07) is 0.670. The highest BCUT2D eigenvalue weighted by atomic mass is 19.4. The summed E-state index contributed by atoms with van der Waals surface area (Å²) in [6.45, 7) is 0.372. The first-order valence-corrected chi connectivity index (χ1v) is 6.99. The van der Waals surface area contributed by atoms with Crippen LogP contribution in [0.25, 0.3) is 0 Å². The number of hydrogen-bond donors (Lipinski definition) is 3. The van der Waals surface area contributed by atoms with Crippen molar-refractivity contribution < 1.29 is 31.1 Å². The number of amides is 1. The Morgan fingerprint density at radius 3 is 2.17 bits per heavy atom. The van der Waals surface area contributed by atoms with Gasteiger partial charge in [0.05, 0.1) is 11.1 Å². The van der Waals surface area contributed by atoms with Crippen molar-refractivity contribution in [2.24, 2.45) is 11.5 Å². The molecular formula is C14H17F6N3O. The minimum absolute atomic E-state index is 0.0266. The first-order valence-electron chi connectivity index (χ1n) is 6.99. The zero-order valence-electron chi connectivity index (χ0n) is 12.5. The summed E-state index contributed by atoms with van der Waals surface area (Å²) in [7, 11) is 0. The van der Waals surface area contributed by atoms with Crippen LogP contribution in [0.1, 0.15) is 34.3 Å². The molecule has 1 amide bonds. The molecule has 1 aromatic rings. The van der Waals surface area contributed by atoms with Crippen molar-refractivity contribution in [3.05, 3.63) is 34.9 Å². The monoisotopic (exact) mass is 357 g/mol. The van der Waals surface area contributed by atoms with Gasteiger partial charge in [-0.1, -0.05) is 0 Å². The molecule has 1 rings (SSSR count). The van der Waals surface area contributed by atoms with E-state index in [0.717, 1.165) is 0 Å². The van der Waals surface area contributed by atoms with E-state index in [1.807, 2.05) is 0 Å². The average molecular weight is 357 g/mol. The fraction of sp³-hybridized carbons (Fsp3) is 0.500. The van der Waals surface area contributed by atoms with Gasteiger partial charge in [0.25, 0.3) is 5.91 Å². The first kappa shape index (κ1) is 20.2. The number of hydrogen-bond acceptors (Lipinski definition) is 3. The lowest BCUT2D eigenvalue weighted by atomic mass is 10.0. The normalized spacial score (nSPS) is 13.7. The lowest BCUT2D eigenvalue weighted by molar-refractivity contribution is -0.162. The van der Waals surface area contributed by atoms with Gasteiger partial charge in [-0.25, -0.2) is 0 Å². The van der Waals surface area contributed by atoms with Crippen molar-refractivity contribution in [2.75, 3.05) is 13.1 Å². The maximum Gasteiger partial charge on any atom is 0.417 e. The largest absolute Gasteiger partial charge is 0.417 e. The van der Waals surface area contributed by atoms with Crippen LogP contribution in [0.3, 0.4) is 0 Å². The molecule has 0 heterocycles. The molecule has 1 unspecified atom stereocenters. The van der Waals surface area contributed by atoms with Crippen LogP contribution in [-0.4, -0.2) is 25.0 Å². The third-order valence-corrected chi connectivity index (χ3v) is 3.20. The van der Waals surface area contributed by atoms with Crippen molar-refractivity contribution in [3.63, 3.8) is 0 Å². The van der Waals surface area contributed by atoms with Gasteiger partial charge in [0.1, 0.15) is 0 Å². The Morgan fingerprint density at radius 2 is 1.67 bits per heavy atom. The number of benzene rings is 1. The van der Waals surface area contributed by atoms with E-state index in [1.165, 1.54) is 0 Å². The van der Waals surface area contributed by atoms with Gasteiger partial charge in [0, 0.05) is 18.2 Å². The zero-order chi connectivity index (χ0) is 18.5. The van der Waals surface area contributed by atoms with Gasteiger partial charge in [-0.15, -0.1) is 0 Å². The first-order chi connectivity index (χ1) is 11.0. The molecule has 0 saturated heterocycles. The summed E-state index contributed by atoms with van der Waals surface area (Å²) in [6.07, 6.45) is -9.31. The van der Waals surface area contributed by atoms with Crippen molar-refractivity contribution in [1.29, 1.82) is 0 Å². The number of carbonyl (C=O) groups is 1. The maximum absolute atomic E-state index is 12.8. The molecule has 0 spiro atoms. The molecular weight excluding hydrogens is 340 g/mol. The molecule has 0 fully saturated rings. The zero-order valence-corrected chi connectivity index (χ0v) is 12.5. The topological polar surface area (TPSA) is 81.1 Å². The highest BCUT2D eigenvalue weighted by Crippen LogP contribution is 2.40. The molecule has 0 bridgehead atoms. The molecule has 0 aromatic heterocycles. The minimum Gasteiger partial charge on any atom is -0.350 e. The summed E-state index contributed by atoms with van der Waals surface area (Å²) in [5.41, 5.74) is 6.68. The lowest BCUT2D eigenvalue weighted by Gasteiger charge is -2.17. The van der Waals surface area contributed by atoms with E-state index in [-0.39, 0.29) is 18.7 Å². The summed E-state index contributed by atoms with van der Waals surface area (Å²) < 4.78 is 76.4. The number of halogens is 6. The van der Waals surface area contributed by atoms with E-state index in [4.69, 9.17) is 11.5 Å². The maximum atomic E-state index is 12.8. The van der Waals surface area contributed by atoms with Crippen LogP contribution in [0.4, 0.5) is 26.3 Å². The van der Waals surface area contributed by atoms with Gasteiger partial charge >= 0.3 is 12.4 Å². The standard InChI is InChI=1S/C14H17F6N3O/c15-13(16,17)10-4-3-8(6-11(10)14(18,19)20)12(24)23-7-9(22)2-1-5-21/h3-4,6,9H,1-2,5,7,21-22H2,(H,23,24). The van der Waals surface area contributed by atoms with Crippen molar-refractivity contribution in [2.45, 2.75) is 31.2 Å². The molecule has 0 saturated carbocycles. The molecule has 1 aromatic carbocycles. The van der Waals surface area contributed by atoms with E-state index in [9.17, 15) is 31.1 Å². The van der Waals surface area contributed by atoms with Crippen molar-refractivity contribution in [1.82, 2.24) is 5.32 Å². The highest BCUT2D eigenvalue weighted by molar-refractivity contribution is 5.94.